The Kier molecular flexibility index (Phi) is 5.54. The Morgan fingerprint density at radius 1 is 1.07 bits per heavy atom. The van der Waals surface area contributed by atoms with Crippen LogP contribution in [0.25, 0.3) is 0 Å². The molecule has 1 fully saturated rings. The summed E-state index contributed by atoms with van der Waals surface area (Å²) in [6, 6.07) is 11.5. The van der Waals surface area contributed by atoms with Crippen molar-refractivity contribution < 1.29 is 17.6 Å². The molecule has 6 nitrogen and oxygen atoms in total. The third-order valence-electron chi connectivity index (χ3n) is 4.40. The van der Waals surface area contributed by atoms with Crippen LogP contribution in [0.4, 0.5) is 10.1 Å². The van der Waals surface area contributed by atoms with Gasteiger partial charge in [-0.25, -0.2) is 12.8 Å². The van der Waals surface area contributed by atoms with Crippen LogP contribution in [0.5, 0.6) is 0 Å². The van der Waals surface area contributed by atoms with E-state index in [2.05, 4.69) is 5.32 Å². The van der Waals surface area contributed by atoms with Crippen LogP contribution in [0.2, 0.25) is 0 Å². The zero-order valence-corrected chi connectivity index (χ0v) is 15.3. The summed E-state index contributed by atoms with van der Waals surface area (Å²) in [6.45, 7) is 0.701. The molecule has 0 atom stereocenters. The largest absolute Gasteiger partial charge is 0.322 e. The van der Waals surface area contributed by atoms with Crippen molar-refractivity contribution in [3.05, 3.63) is 59.4 Å². The van der Waals surface area contributed by atoms with E-state index in [4.69, 9.17) is 5.26 Å². The number of hydrogen-bond donors (Lipinski definition) is 1. The summed E-state index contributed by atoms with van der Waals surface area (Å²) in [5, 5.41) is 11.4. The second-order valence-corrected chi connectivity index (χ2v) is 8.16. The molecule has 2 aromatic rings. The molecule has 1 aliphatic rings. The maximum Gasteiger partial charge on any atom is 0.255 e. The Labute approximate surface area is 157 Å². The van der Waals surface area contributed by atoms with Crippen LogP contribution < -0.4 is 5.32 Å². The molecule has 1 amide bonds. The topological polar surface area (TPSA) is 90.3 Å². The van der Waals surface area contributed by atoms with Crippen LogP contribution in [0.1, 0.15) is 35.2 Å². The zero-order valence-electron chi connectivity index (χ0n) is 14.5. The van der Waals surface area contributed by atoms with Gasteiger partial charge in [-0.15, -0.1) is 0 Å². The van der Waals surface area contributed by atoms with E-state index in [-0.39, 0.29) is 5.56 Å². The average molecular weight is 387 g/mol. The molecule has 3 rings (SSSR count). The number of nitrogens with zero attached hydrogens (tertiary/aromatic N) is 2. The van der Waals surface area contributed by atoms with E-state index in [1.807, 2.05) is 6.07 Å². The summed E-state index contributed by atoms with van der Waals surface area (Å²) < 4.78 is 41.0. The molecule has 1 N–H and O–H groups in total. The number of piperidine rings is 1. The summed E-state index contributed by atoms with van der Waals surface area (Å²) in [5.41, 5.74) is 0.935. The molecule has 0 unspecified atom stereocenters. The lowest BCUT2D eigenvalue weighted by molar-refractivity contribution is 0.102. The van der Waals surface area contributed by atoms with Gasteiger partial charge in [0.2, 0.25) is 10.0 Å². The molecular formula is C19H18FN3O3S. The van der Waals surface area contributed by atoms with Gasteiger partial charge in [0.1, 0.15) is 10.7 Å². The highest BCUT2D eigenvalue weighted by Gasteiger charge is 2.29. The minimum atomic E-state index is -3.99. The van der Waals surface area contributed by atoms with Gasteiger partial charge >= 0.3 is 0 Å². The number of nitriles is 1. The molecule has 140 valence electrons. The van der Waals surface area contributed by atoms with Crippen LogP contribution in [-0.4, -0.2) is 31.7 Å². The van der Waals surface area contributed by atoms with Crippen LogP contribution >= 0.6 is 0 Å². The summed E-state index contributed by atoms with van der Waals surface area (Å²) >= 11 is 0. The average Bonchev–Trinajstić information content (AvgIpc) is 2.69. The number of hydrogen-bond acceptors (Lipinski definition) is 4. The quantitative estimate of drug-likeness (QED) is 0.873. The van der Waals surface area contributed by atoms with Gasteiger partial charge in [0.05, 0.1) is 11.6 Å². The third-order valence-corrected chi connectivity index (χ3v) is 6.31. The van der Waals surface area contributed by atoms with Crippen LogP contribution in [0.15, 0.2) is 47.4 Å². The molecule has 0 spiro atoms. The van der Waals surface area contributed by atoms with Gasteiger partial charge < -0.3 is 5.32 Å². The lowest BCUT2D eigenvalue weighted by Gasteiger charge is -2.26. The van der Waals surface area contributed by atoms with E-state index in [9.17, 15) is 17.6 Å². The standard InChI is InChI=1S/C19H18FN3O3S/c20-17-9-6-15(19(24)22-16-7-4-14(13-21)5-8-16)12-18(17)27(25,26)23-10-2-1-3-11-23/h4-9,12H,1-3,10-11H2,(H,22,24). The first kappa shape index (κ1) is 19.0. The van der Waals surface area contributed by atoms with Gasteiger partial charge in [-0.2, -0.15) is 9.57 Å². The monoisotopic (exact) mass is 387 g/mol. The minimum absolute atomic E-state index is 0.0383. The fraction of sp³-hybridized carbons (Fsp3) is 0.263. The normalized spacial score (nSPS) is 15.1. The van der Waals surface area contributed by atoms with Crippen molar-refractivity contribution in [3.63, 3.8) is 0 Å². The number of rotatable bonds is 4. The van der Waals surface area contributed by atoms with E-state index in [0.717, 1.165) is 31.4 Å². The van der Waals surface area contributed by atoms with E-state index < -0.39 is 26.6 Å². The second kappa shape index (κ2) is 7.86. The van der Waals surface area contributed by atoms with Crippen LogP contribution in [-0.2, 0) is 10.0 Å². The Bertz CT molecular complexity index is 992. The predicted octanol–water partition coefficient (Wildman–Crippen LogP) is 3.12. The van der Waals surface area contributed by atoms with Gasteiger partial charge in [-0.3, -0.25) is 4.79 Å². The SMILES string of the molecule is N#Cc1ccc(NC(=O)c2ccc(F)c(S(=O)(=O)N3CCCCC3)c2)cc1. The molecular weight excluding hydrogens is 369 g/mol. The van der Waals surface area contributed by atoms with Gasteiger partial charge in [0, 0.05) is 24.3 Å². The first-order valence-electron chi connectivity index (χ1n) is 8.53. The molecule has 0 saturated carbocycles. The van der Waals surface area contributed by atoms with Gasteiger partial charge in [-0.1, -0.05) is 6.42 Å². The van der Waals surface area contributed by atoms with Crippen molar-refractivity contribution in [3.8, 4) is 6.07 Å². The summed E-state index contributed by atoms with van der Waals surface area (Å²) in [5.74, 6) is -1.44. The number of nitrogens with one attached hydrogen (secondary N) is 1. The number of halogens is 1. The minimum Gasteiger partial charge on any atom is -0.322 e. The highest BCUT2D eigenvalue weighted by Crippen LogP contribution is 2.24. The molecule has 0 radical (unpaired) electrons. The fourth-order valence-electron chi connectivity index (χ4n) is 2.92. The van der Waals surface area contributed by atoms with Crippen molar-refractivity contribution in [2.75, 3.05) is 18.4 Å². The maximum absolute atomic E-state index is 14.2. The molecule has 27 heavy (non-hydrogen) atoms. The predicted molar refractivity (Wildman–Crippen MR) is 98.1 cm³/mol. The number of sulfonamides is 1. The van der Waals surface area contributed by atoms with Gasteiger partial charge in [0.15, 0.2) is 0 Å². The van der Waals surface area contributed by atoms with Gasteiger partial charge in [-0.05, 0) is 55.3 Å². The van der Waals surface area contributed by atoms with Crippen molar-refractivity contribution in [2.45, 2.75) is 24.2 Å². The maximum atomic E-state index is 14.2. The van der Waals surface area contributed by atoms with E-state index in [1.54, 1.807) is 24.3 Å². The molecule has 1 aliphatic heterocycles. The first-order valence-corrected chi connectivity index (χ1v) is 9.97. The Balaban J connectivity index is 1.85. The smallest absolute Gasteiger partial charge is 0.255 e. The van der Waals surface area contributed by atoms with E-state index in [1.165, 1.54) is 10.4 Å². The fourth-order valence-corrected chi connectivity index (χ4v) is 4.53. The summed E-state index contributed by atoms with van der Waals surface area (Å²) in [6.07, 6.45) is 2.42. The van der Waals surface area contributed by atoms with Crippen LogP contribution in [0.3, 0.4) is 0 Å². The molecule has 2 aromatic carbocycles. The van der Waals surface area contributed by atoms with Crippen LogP contribution in [0, 0.1) is 17.1 Å². The summed E-state index contributed by atoms with van der Waals surface area (Å²) in [7, 11) is -3.99. The number of anilines is 1. The molecule has 8 heteroatoms. The van der Waals surface area contributed by atoms with Crippen molar-refractivity contribution in [1.82, 2.24) is 4.31 Å². The molecule has 1 saturated heterocycles. The number of carbonyl (C=O) groups excluding carboxylic acids is 1. The highest BCUT2D eigenvalue weighted by atomic mass is 32.2. The molecule has 0 bridgehead atoms. The number of carbonyl (C=O) groups is 1. The van der Waals surface area contributed by atoms with Crippen molar-refractivity contribution in [2.24, 2.45) is 0 Å². The van der Waals surface area contributed by atoms with Gasteiger partial charge in [0.25, 0.3) is 5.91 Å². The second-order valence-electron chi connectivity index (χ2n) is 6.25. The van der Waals surface area contributed by atoms with E-state index in [0.29, 0.717) is 24.3 Å². The Morgan fingerprint density at radius 2 is 1.74 bits per heavy atom. The molecule has 0 aromatic heterocycles. The Hall–Kier alpha value is -2.76. The third kappa shape index (κ3) is 4.15. The van der Waals surface area contributed by atoms with Crippen molar-refractivity contribution >= 4 is 21.6 Å². The lowest BCUT2D eigenvalue weighted by atomic mass is 10.2. The number of amides is 1. The molecule has 1 heterocycles. The van der Waals surface area contributed by atoms with E-state index >= 15 is 0 Å². The lowest BCUT2D eigenvalue weighted by Crippen LogP contribution is -2.36. The highest BCUT2D eigenvalue weighted by molar-refractivity contribution is 7.89. The first-order chi connectivity index (χ1) is 12.9. The van der Waals surface area contributed by atoms with Crippen molar-refractivity contribution in [1.29, 1.82) is 5.26 Å². The number of benzene rings is 2. The zero-order chi connectivity index (χ0) is 19.4. The summed E-state index contributed by atoms with van der Waals surface area (Å²) in [4.78, 5) is 11.9. The Morgan fingerprint density at radius 3 is 2.37 bits per heavy atom. The molecule has 0 aliphatic carbocycles.